The molecule has 0 saturated carbocycles. The summed E-state index contributed by atoms with van der Waals surface area (Å²) in [6.45, 7) is 6.05. The zero-order chi connectivity index (χ0) is 24.6. The Kier molecular flexibility index (Phi) is 6.65. The minimum atomic E-state index is -4.05. The lowest BCUT2D eigenvalue weighted by molar-refractivity contribution is 0.103. The van der Waals surface area contributed by atoms with Crippen molar-refractivity contribution in [2.75, 3.05) is 11.0 Å². The third kappa shape index (κ3) is 5.76. The first-order chi connectivity index (χ1) is 15.2. The molecule has 174 valence electrons. The molecule has 0 aliphatic rings. The number of nitrogens with one attached hydrogen (secondary N) is 1. The Morgan fingerprint density at radius 2 is 1.58 bits per heavy atom. The van der Waals surface area contributed by atoms with Crippen LogP contribution in [0.1, 0.15) is 42.4 Å². The van der Waals surface area contributed by atoms with Gasteiger partial charge in [-0.2, -0.15) is 0 Å². The fourth-order valence-corrected chi connectivity index (χ4v) is 4.68. The van der Waals surface area contributed by atoms with Crippen molar-refractivity contribution >= 4 is 42.9 Å². The summed E-state index contributed by atoms with van der Waals surface area (Å²) in [5.41, 5.74) is 0.536. The first-order valence-electron chi connectivity index (χ1n) is 9.68. The lowest BCUT2D eigenvalue weighted by atomic mass is 9.87. The number of pyridine rings is 2. The molecular formula is C22H22ClN3O5S2. The molecule has 0 aliphatic heterocycles. The molecule has 3 rings (SSSR count). The summed E-state index contributed by atoms with van der Waals surface area (Å²) >= 11 is 6.00. The molecular weight excluding hydrogens is 486 g/mol. The van der Waals surface area contributed by atoms with Gasteiger partial charge in [-0.25, -0.2) is 26.8 Å². The van der Waals surface area contributed by atoms with Gasteiger partial charge in [-0.05, 0) is 41.3 Å². The number of sulfone groups is 1. The maximum absolute atomic E-state index is 13.0. The molecule has 8 nitrogen and oxygen atoms in total. The summed E-state index contributed by atoms with van der Waals surface area (Å²) in [6.07, 6.45) is 3.31. The summed E-state index contributed by atoms with van der Waals surface area (Å²) in [7, 11) is -7.59. The molecule has 0 radical (unpaired) electrons. The van der Waals surface area contributed by atoms with Crippen LogP contribution in [-0.2, 0) is 25.3 Å². The standard InChI is InChI=1S/C22H22ClN3O5S2/c1-22(2,3)15-6-8-17(9-7-15)33(30,31)26-18-11-16(23)13-25-20(18)21(27)14-5-10-19(24-12-14)32(4,28)29/h5-13,26H,1-4H3. The summed E-state index contributed by atoms with van der Waals surface area (Å²) in [5.74, 6) is -0.653. The Bertz CT molecular complexity index is 1410. The number of carbonyl (C=O) groups excluding carboxylic acids is 1. The maximum Gasteiger partial charge on any atom is 0.261 e. The van der Waals surface area contributed by atoms with Crippen molar-refractivity contribution < 1.29 is 21.6 Å². The molecule has 0 unspecified atom stereocenters. The average molecular weight is 508 g/mol. The van der Waals surface area contributed by atoms with Gasteiger partial charge >= 0.3 is 0 Å². The van der Waals surface area contributed by atoms with Gasteiger partial charge in [0.05, 0.1) is 15.6 Å². The third-order valence-electron chi connectivity index (χ3n) is 4.72. The van der Waals surface area contributed by atoms with Crippen molar-refractivity contribution in [3.05, 3.63) is 76.7 Å². The summed E-state index contributed by atoms with van der Waals surface area (Å²) in [5, 5.41) is -0.0689. The molecule has 33 heavy (non-hydrogen) atoms. The van der Waals surface area contributed by atoms with Crippen LogP contribution in [0.4, 0.5) is 5.69 Å². The number of nitrogens with zero attached hydrogens (tertiary/aromatic N) is 2. The van der Waals surface area contributed by atoms with E-state index in [1.54, 1.807) is 12.1 Å². The highest BCUT2D eigenvalue weighted by atomic mass is 35.5. The van der Waals surface area contributed by atoms with Crippen LogP contribution >= 0.6 is 11.6 Å². The molecule has 1 N–H and O–H groups in total. The van der Waals surface area contributed by atoms with E-state index >= 15 is 0 Å². The van der Waals surface area contributed by atoms with Crippen molar-refractivity contribution in [3.63, 3.8) is 0 Å². The van der Waals surface area contributed by atoms with Crippen LogP contribution in [0.25, 0.3) is 0 Å². The highest BCUT2D eigenvalue weighted by Gasteiger charge is 2.23. The maximum atomic E-state index is 13.0. The number of hydrogen-bond donors (Lipinski definition) is 1. The molecule has 0 amide bonds. The SMILES string of the molecule is CC(C)(C)c1ccc(S(=O)(=O)Nc2cc(Cl)cnc2C(=O)c2ccc(S(C)(=O)=O)nc2)cc1. The molecule has 2 heterocycles. The second kappa shape index (κ2) is 8.85. The quantitative estimate of drug-likeness (QED) is 0.502. The van der Waals surface area contributed by atoms with Gasteiger partial charge in [-0.3, -0.25) is 9.52 Å². The van der Waals surface area contributed by atoms with Gasteiger partial charge in [-0.15, -0.1) is 0 Å². The highest BCUT2D eigenvalue weighted by Crippen LogP contribution is 2.27. The van der Waals surface area contributed by atoms with Crippen molar-refractivity contribution in [3.8, 4) is 0 Å². The minimum absolute atomic E-state index is 0.00745. The van der Waals surface area contributed by atoms with Crippen molar-refractivity contribution in [1.82, 2.24) is 9.97 Å². The summed E-state index contributed by atoms with van der Waals surface area (Å²) < 4.78 is 51.5. The van der Waals surface area contributed by atoms with E-state index in [0.717, 1.165) is 18.0 Å². The van der Waals surface area contributed by atoms with Crippen LogP contribution < -0.4 is 4.72 Å². The highest BCUT2D eigenvalue weighted by molar-refractivity contribution is 7.92. The molecule has 0 fully saturated rings. The van der Waals surface area contributed by atoms with E-state index in [9.17, 15) is 21.6 Å². The van der Waals surface area contributed by atoms with E-state index in [-0.39, 0.29) is 37.3 Å². The van der Waals surface area contributed by atoms with Crippen LogP contribution in [0.3, 0.4) is 0 Å². The number of aromatic nitrogens is 2. The number of halogens is 1. The lowest BCUT2D eigenvalue weighted by Crippen LogP contribution is -2.18. The van der Waals surface area contributed by atoms with Gasteiger partial charge in [0, 0.05) is 24.2 Å². The first kappa shape index (κ1) is 24.8. The topological polar surface area (TPSA) is 123 Å². The number of sulfonamides is 1. The fraction of sp³-hybridized carbons (Fsp3) is 0.227. The van der Waals surface area contributed by atoms with Crippen LogP contribution in [0.5, 0.6) is 0 Å². The molecule has 0 saturated heterocycles. The van der Waals surface area contributed by atoms with Gasteiger partial charge in [0.1, 0.15) is 5.69 Å². The number of hydrogen-bond acceptors (Lipinski definition) is 7. The van der Waals surface area contributed by atoms with Crippen LogP contribution in [0, 0.1) is 0 Å². The van der Waals surface area contributed by atoms with Crippen molar-refractivity contribution in [1.29, 1.82) is 0 Å². The first-order valence-corrected chi connectivity index (χ1v) is 13.4. The number of rotatable bonds is 6. The predicted molar refractivity (Wildman–Crippen MR) is 126 cm³/mol. The largest absolute Gasteiger partial charge is 0.287 e. The zero-order valence-corrected chi connectivity index (χ0v) is 20.7. The second-order valence-electron chi connectivity index (χ2n) is 8.42. The Labute approximate surface area is 198 Å². The van der Waals surface area contributed by atoms with Crippen molar-refractivity contribution in [2.45, 2.75) is 36.1 Å². The zero-order valence-electron chi connectivity index (χ0n) is 18.3. The monoisotopic (exact) mass is 507 g/mol. The van der Waals surface area contributed by atoms with E-state index in [1.165, 1.54) is 36.5 Å². The number of benzene rings is 1. The lowest BCUT2D eigenvalue weighted by Gasteiger charge is -2.19. The smallest absolute Gasteiger partial charge is 0.261 e. The molecule has 0 spiro atoms. The Balaban J connectivity index is 1.96. The van der Waals surface area contributed by atoms with E-state index in [4.69, 9.17) is 11.6 Å². The predicted octanol–water partition coefficient (Wildman–Crippen LogP) is 3.86. The third-order valence-corrected chi connectivity index (χ3v) is 7.31. The molecule has 11 heteroatoms. The summed E-state index contributed by atoms with van der Waals surface area (Å²) in [6, 6.07) is 10.2. The molecule has 0 atom stereocenters. The Hall–Kier alpha value is -2.82. The van der Waals surface area contributed by atoms with Crippen LogP contribution in [-0.4, -0.2) is 38.8 Å². The molecule has 3 aromatic rings. The molecule has 0 aliphatic carbocycles. The molecule has 1 aromatic carbocycles. The van der Waals surface area contributed by atoms with Crippen molar-refractivity contribution in [2.24, 2.45) is 0 Å². The summed E-state index contributed by atoms with van der Waals surface area (Å²) in [4.78, 5) is 20.8. The molecule has 2 aromatic heterocycles. The van der Waals surface area contributed by atoms with Gasteiger partial charge in [0.15, 0.2) is 14.9 Å². The number of carbonyl (C=O) groups is 1. The van der Waals surface area contributed by atoms with Gasteiger partial charge in [0.25, 0.3) is 10.0 Å². The minimum Gasteiger partial charge on any atom is -0.287 e. The van der Waals surface area contributed by atoms with Crippen LogP contribution in [0.15, 0.2) is 64.8 Å². The van der Waals surface area contributed by atoms with E-state index in [1.807, 2.05) is 20.8 Å². The Morgan fingerprint density at radius 3 is 2.09 bits per heavy atom. The van der Waals surface area contributed by atoms with E-state index in [2.05, 4.69) is 14.7 Å². The fourth-order valence-electron chi connectivity index (χ4n) is 2.91. The van der Waals surface area contributed by atoms with Gasteiger partial charge < -0.3 is 0 Å². The van der Waals surface area contributed by atoms with E-state index in [0.29, 0.717) is 0 Å². The molecule has 0 bridgehead atoms. The number of ketones is 1. The van der Waals surface area contributed by atoms with Gasteiger partial charge in [0.2, 0.25) is 5.78 Å². The van der Waals surface area contributed by atoms with Gasteiger partial charge in [-0.1, -0.05) is 44.5 Å². The van der Waals surface area contributed by atoms with Crippen LogP contribution in [0.2, 0.25) is 5.02 Å². The number of anilines is 1. The van der Waals surface area contributed by atoms with E-state index < -0.39 is 25.6 Å². The average Bonchev–Trinajstić information content (AvgIpc) is 2.72. The normalized spacial score (nSPS) is 12.4. The second-order valence-corrected chi connectivity index (χ2v) is 12.5. The Morgan fingerprint density at radius 1 is 0.939 bits per heavy atom.